The third kappa shape index (κ3) is 2.65. The first-order valence-electron chi connectivity index (χ1n) is 3.62. The van der Waals surface area contributed by atoms with E-state index in [1.807, 2.05) is 0 Å². The summed E-state index contributed by atoms with van der Waals surface area (Å²) < 4.78 is 37.1. The molecule has 0 bridgehead atoms. The van der Waals surface area contributed by atoms with Crippen molar-refractivity contribution in [3.8, 4) is 0 Å². The highest BCUT2D eigenvalue weighted by Gasteiger charge is 2.38. The molecule has 0 aliphatic heterocycles. The molecule has 82 valence electrons. The van der Waals surface area contributed by atoms with E-state index in [4.69, 9.17) is 0 Å². The summed E-state index contributed by atoms with van der Waals surface area (Å²) in [5.41, 5.74) is -2.22. The number of nitro groups is 1. The maximum Gasteiger partial charge on any atom is 0.423 e. The van der Waals surface area contributed by atoms with Crippen LogP contribution in [0.15, 0.2) is 12.3 Å². The Labute approximate surface area is 90.4 Å². The van der Waals surface area contributed by atoms with Crippen molar-refractivity contribution in [2.45, 2.75) is 11.5 Å². The van der Waals surface area contributed by atoms with Crippen LogP contribution in [0.4, 0.5) is 18.9 Å². The predicted octanol–water partition coefficient (Wildman–Crippen LogP) is 2.90. The second-order valence-corrected chi connectivity index (χ2v) is 3.14. The van der Waals surface area contributed by atoms with Gasteiger partial charge in [0.25, 0.3) is 5.69 Å². The van der Waals surface area contributed by atoms with E-state index in [0.29, 0.717) is 12.3 Å². The SMILES string of the molecule is O=[N+]([O-])c1cnc(CBr)cc1C(F)(F)F. The molecule has 0 aliphatic rings. The lowest BCUT2D eigenvalue weighted by Crippen LogP contribution is -2.10. The van der Waals surface area contributed by atoms with Gasteiger partial charge in [-0.2, -0.15) is 13.2 Å². The fourth-order valence-electron chi connectivity index (χ4n) is 0.937. The highest BCUT2D eigenvalue weighted by molar-refractivity contribution is 9.08. The monoisotopic (exact) mass is 284 g/mol. The summed E-state index contributed by atoms with van der Waals surface area (Å²) in [6.07, 6.45) is -4.14. The molecule has 1 aromatic rings. The first-order chi connectivity index (χ1) is 6.86. The van der Waals surface area contributed by atoms with Crippen LogP contribution < -0.4 is 0 Å². The Bertz CT molecular complexity index is 394. The molecule has 0 fully saturated rings. The van der Waals surface area contributed by atoms with Crippen molar-refractivity contribution >= 4 is 21.6 Å². The Kier molecular flexibility index (Phi) is 3.28. The number of nitrogens with zero attached hydrogens (tertiary/aromatic N) is 2. The van der Waals surface area contributed by atoms with Crippen LogP contribution in [0.25, 0.3) is 0 Å². The van der Waals surface area contributed by atoms with Gasteiger partial charge in [0.05, 0.1) is 10.6 Å². The summed E-state index contributed by atoms with van der Waals surface area (Å²) in [4.78, 5) is 12.7. The molecule has 0 aliphatic carbocycles. The van der Waals surface area contributed by atoms with Gasteiger partial charge in [0, 0.05) is 5.33 Å². The lowest BCUT2D eigenvalue weighted by Gasteiger charge is -2.07. The molecular formula is C7H4BrF3N2O2. The molecule has 1 aromatic heterocycles. The van der Waals surface area contributed by atoms with Crippen molar-refractivity contribution in [1.82, 2.24) is 4.98 Å². The van der Waals surface area contributed by atoms with Crippen LogP contribution in [0.3, 0.4) is 0 Å². The van der Waals surface area contributed by atoms with E-state index in [1.54, 1.807) is 0 Å². The van der Waals surface area contributed by atoms with Crippen LogP contribution in [0, 0.1) is 10.1 Å². The molecule has 0 spiro atoms. The van der Waals surface area contributed by atoms with E-state index in [9.17, 15) is 23.3 Å². The summed E-state index contributed by atoms with van der Waals surface area (Å²) >= 11 is 2.92. The summed E-state index contributed by atoms with van der Waals surface area (Å²) in [6, 6.07) is 0.660. The van der Waals surface area contributed by atoms with E-state index in [1.165, 1.54) is 0 Å². The van der Waals surface area contributed by atoms with Gasteiger partial charge >= 0.3 is 6.18 Å². The van der Waals surface area contributed by atoms with Crippen LogP contribution in [-0.4, -0.2) is 9.91 Å². The molecule has 1 rings (SSSR count). The summed E-state index contributed by atoms with van der Waals surface area (Å²) in [7, 11) is 0. The van der Waals surface area contributed by atoms with Crippen molar-refractivity contribution in [2.75, 3.05) is 0 Å². The number of halogens is 4. The highest BCUT2D eigenvalue weighted by Crippen LogP contribution is 2.35. The molecule has 0 N–H and O–H groups in total. The predicted molar refractivity (Wildman–Crippen MR) is 48.5 cm³/mol. The average molecular weight is 285 g/mol. The first-order valence-corrected chi connectivity index (χ1v) is 4.75. The number of aromatic nitrogens is 1. The van der Waals surface area contributed by atoms with Gasteiger partial charge < -0.3 is 0 Å². The summed E-state index contributed by atoms with van der Waals surface area (Å²) in [6.45, 7) is 0. The van der Waals surface area contributed by atoms with Crippen molar-refractivity contribution in [3.63, 3.8) is 0 Å². The molecule has 0 unspecified atom stereocenters. The van der Waals surface area contributed by atoms with Gasteiger partial charge in [0.15, 0.2) is 0 Å². The fraction of sp³-hybridized carbons (Fsp3) is 0.286. The highest BCUT2D eigenvalue weighted by atomic mass is 79.9. The number of hydrogen-bond acceptors (Lipinski definition) is 3. The molecule has 15 heavy (non-hydrogen) atoms. The quantitative estimate of drug-likeness (QED) is 0.477. The largest absolute Gasteiger partial charge is 0.423 e. The zero-order chi connectivity index (χ0) is 11.6. The van der Waals surface area contributed by atoms with Crippen LogP contribution >= 0.6 is 15.9 Å². The molecular weight excluding hydrogens is 281 g/mol. The standard InChI is InChI=1S/C7H4BrF3N2O2/c8-2-4-1-5(7(9,10)11)6(3-12-4)13(14)15/h1,3H,2H2. The van der Waals surface area contributed by atoms with Gasteiger partial charge in [-0.1, -0.05) is 15.9 Å². The van der Waals surface area contributed by atoms with Gasteiger partial charge in [-0.25, -0.2) is 0 Å². The normalized spacial score (nSPS) is 11.5. The van der Waals surface area contributed by atoms with E-state index in [0.717, 1.165) is 0 Å². The first kappa shape index (κ1) is 11.9. The van der Waals surface area contributed by atoms with Gasteiger partial charge in [-0.05, 0) is 6.07 Å². The average Bonchev–Trinajstić information content (AvgIpc) is 2.15. The molecule has 1 heterocycles. The van der Waals surface area contributed by atoms with Crippen molar-refractivity contribution < 1.29 is 18.1 Å². The summed E-state index contributed by atoms with van der Waals surface area (Å²) in [5, 5.41) is 10.4. The molecule has 0 atom stereocenters. The minimum absolute atomic E-state index is 0.0907. The Hall–Kier alpha value is -1.18. The molecule has 0 aromatic carbocycles. The number of pyridine rings is 1. The topological polar surface area (TPSA) is 56.0 Å². The van der Waals surface area contributed by atoms with Crippen molar-refractivity contribution in [1.29, 1.82) is 0 Å². The molecule has 0 amide bonds. The lowest BCUT2D eigenvalue weighted by atomic mass is 10.2. The molecule has 0 saturated carbocycles. The Balaban J connectivity index is 3.36. The maximum atomic E-state index is 12.4. The van der Waals surface area contributed by atoms with E-state index in [-0.39, 0.29) is 11.0 Å². The van der Waals surface area contributed by atoms with Gasteiger partial charge in [0.2, 0.25) is 0 Å². The third-order valence-electron chi connectivity index (χ3n) is 1.58. The number of hydrogen-bond donors (Lipinski definition) is 0. The lowest BCUT2D eigenvalue weighted by molar-refractivity contribution is -0.388. The third-order valence-corrected chi connectivity index (χ3v) is 2.15. The van der Waals surface area contributed by atoms with E-state index < -0.39 is 22.4 Å². The zero-order valence-corrected chi connectivity index (χ0v) is 8.67. The molecule has 4 nitrogen and oxygen atoms in total. The van der Waals surface area contributed by atoms with Gasteiger partial charge in [-0.3, -0.25) is 15.1 Å². The Morgan fingerprint density at radius 1 is 1.53 bits per heavy atom. The molecule has 0 saturated heterocycles. The Morgan fingerprint density at radius 2 is 2.13 bits per heavy atom. The maximum absolute atomic E-state index is 12.4. The van der Waals surface area contributed by atoms with Crippen LogP contribution in [0.2, 0.25) is 0 Å². The second kappa shape index (κ2) is 4.13. The van der Waals surface area contributed by atoms with Gasteiger partial charge in [0.1, 0.15) is 11.8 Å². The van der Waals surface area contributed by atoms with Gasteiger partial charge in [-0.15, -0.1) is 0 Å². The van der Waals surface area contributed by atoms with Crippen molar-refractivity contribution in [3.05, 3.63) is 33.6 Å². The number of alkyl halides is 4. The zero-order valence-electron chi connectivity index (χ0n) is 7.08. The van der Waals surface area contributed by atoms with Crippen LogP contribution in [-0.2, 0) is 11.5 Å². The number of rotatable bonds is 2. The molecule has 8 heteroatoms. The minimum Gasteiger partial charge on any atom is -0.258 e. The summed E-state index contributed by atoms with van der Waals surface area (Å²) in [5.74, 6) is 0. The van der Waals surface area contributed by atoms with E-state index >= 15 is 0 Å². The second-order valence-electron chi connectivity index (χ2n) is 2.58. The van der Waals surface area contributed by atoms with Crippen LogP contribution in [0.1, 0.15) is 11.3 Å². The smallest absolute Gasteiger partial charge is 0.258 e. The molecule has 0 radical (unpaired) electrons. The minimum atomic E-state index is -4.75. The van der Waals surface area contributed by atoms with E-state index in [2.05, 4.69) is 20.9 Å². The Morgan fingerprint density at radius 3 is 2.53 bits per heavy atom. The fourth-order valence-corrected chi connectivity index (χ4v) is 1.24. The van der Waals surface area contributed by atoms with Crippen molar-refractivity contribution in [2.24, 2.45) is 0 Å². The van der Waals surface area contributed by atoms with Crippen LogP contribution in [0.5, 0.6) is 0 Å².